The topological polar surface area (TPSA) is 88.3 Å². The Bertz CT molecular complexity index is 499. The molecule has 2 amide bonds. The van der Waals surface area contributed by atoms with E-state index in [1.54, 1.807) is 19.9 Å². The molecule has 1 aromatic heterocycles. The van der Waals surface area contributed by atoms with Gasteiger partial charge in [0.2, 0.25) is 5.91 Å². The molecule has 0 bridgehead atoms. The lowest BCUT2D eigenvalue weighted by atomic mass is 9.98. The summed E-state index contributed by atoms with van der Waals surface area (Å²) in [7, 11) is 0. The zero-order valence-electron chi connectivity index (χ0n) is 10.4. The summed E-state index contributed by atoms with van der Waals surface area (Å²) in [6.45, 7) is 4.35. The first-order chi connectivity index (χ1) is 8.43. The van der Waals surface area contributed by atoms with Crippen molar-refractivity contribution in [1.82, 2.24) is 15.2 Å². The summed E-state index contributed by atoms with van der Waals surface area (Å²) >= 11 is 0. The van der Waals surface area contributed by atoms with Gasteiger partial charge in [-0.3, -0.25) is 14.6 Å². The quantitative estimate of drug-likeness (QED) is 0.733. The van der Waals surface area contributed by atoms with Gasteiger partial charge in [0.1, 0.15) is 11.2 Å². The van der Waals surface area contributed by atoms with E-state index >= 15 is 0 Å². The number of rotatable bonds is 1. The molecule has 0 aliphatic carbocycles. The van der Waals surface area contributed by atoms with Gasteiger partial charge >= 0.3 is 0 Å². The van der Waals surface area contributed by atoms with Gasteiger partial charge in [-0.15, -0.1) is 0 Å². The van der Waals surface area contributed by atoms with E-state index in [2.05, 4.69) is 10.3 Å². The van der Waals surface area contributed by atoms with Crippen molar-refractivity contribution < 1.29 is 9.59 Å². The Morgan fingerprint density at radius 1 is 1.56 bits per heavy atom. The molecule has 1 aliphatic heterocycles. The fraction of sp³-hybridized carbons (Fsp3) is 0.417. The summed E-state index contributed by atoms with van der Waals surface area (Å²) in [5, 5.41) is 2.74. The van der Waals surface area contributed by atoms with Crippen molar-refractivity contribution >= 4 is 17.5 Å². The first kappa shape index (κ1) is 12.3. The minimum atomic E-state index is -0.873. The van der Waals surface area contributed by atoms with Crippen molar-refractivity contribution in [3.8, 4) is 0 Å². The third-order valence-corrected chi connectivity index (χ3v) is 3.10. The number of pyridine rings is 1. The van der Waals surface area contributed by atoms with Crippen LogP contribution >= 0.6 is 0 Å². The molecule has 0 aromatic carbocycles. The van der Waals surface area contributed by atoms with E-state index in [9.17, 15) is 9.59 Å². The Hall–Kier alpha value is -2.11. The summed E-state index contributed by atoms with van der Waals surface area (Å²) in [4.78, 5) is 29.6. The number of hydrogen-bond donors (Lipinski definition) is 2. The van der Waals surface area contributed by atoms with E-state index in [1.165, 1.54) is 17.2 Å². The third-order valence-electron chi connectivity index (χ3n) is 3.10. The van der Waals surface area contributed by atoms with Gasteiger partial charge in [0.15, 0.2) is 0 Å². The van der Waals surface area contributed by atoms with Crippen LogP contribution in [0.2, 0.25) is 0 Å². The normalized spacial score (nSPS) is 18.3. The average molecular weight is 248 g/mol. The van der Waals surface area contributed by atoms with Gasteiger partial charge in [-0.05, 0) is 26.0 Å². The summed E-state index contributed by atoms with van der Waals surface area (Å²) in [6, 6.07) is 3.13. The Morgan fingerprint density at radius 2 is 2.28 bits per heavy atom. The molecule has 6 heteroatoms. The maximum atomic E-state index is 12.3. The maximum absolute atomic E-state index is 12.3. The Labute approximate surface area is 105 Å². The highest BCUT2D eigenvalue weighted by molar-refractivity contribution is 5.98. The second-order valence-corrected chi connectivity index (χ2v) is 4.75. The highest BCUT2D eigenvalue weighted by atomic mass is 16.2. The number of aromatic nitrogens is 1. The van der Waals surface area contributed by atoms with Crippen molar-refractivity contribution in [1.29, 1.82) is 0 Å². The minimum absolute atomic E-state index is 0.161. The van der Waals surface area contributed by atoms with E-state index in [0.717, 1.165) is 0 Å². The molecule has 0 radical (unpaired) electrons. The van der Waals surface area contributed by atoms with Crippen LogP contribution < -0.4 is 11.1 Å². The zero-order valence-corrected chi connectivity index (χ0v) is 10.4. The van der Waals surface area contributed by atoms with E-state index in [1.807, 2.05) is 0 Å². The minimum Gasteiger partial charge on any atom is -0.399 e. The Balaban J connectivity index is 2.31. The Kier molecular flexibility index (Phi) is 2.94. The van der Waals surface area contributed by atoms with Gasteiger partial charge < -0.3 is 16.0 Å². The first-order valence-electron chi connectivity index (χ1n) is 5.75. The SMILES string of the molecule is CC1(C)C(=O)NCCN1C(=O)c1cc(N)ccn1. The molecule has 1 fully saturated rings. The summed E-state index contributed by atoms with van der Waals surface area (Å²) in [5.74, 6) is -0.437. The number of piperazine rings is 1. The van der Waals surface area contributed by atoms with Crippen molar-refractivity contribution in [2.24, 2.45) is 0 Å². The van der Waals surface area contributed by atoms with Gasteiger partial charge in [-0.25, -0.2) is 0 Å². The average Bonchev–Trinajstić information content (AvgIpc) is 2.32. The van der Waals surface area contributed by atoms with Gasteiger partial charge in [0.25, 0.3) is 5.91 Å². The molecule has 3 N–H and O–H groups in total. The fourth-order valence-electron chi connectivity index (χ4n) is 1.96. The highest BCUT2D eigenvalue weighted by Crippen LogP contribution is 2.20. The van der Waals surface area contributed by atoms with Crippen molar-refractivity contribution in [2.45, 2.75) is 19.4 Å². The van der Waals surface area contributed by atoms with Crippen LogP contribution in [-0.4, -0.2) is 40.3 Å². The fourth-order valence-corrected chi connectivity index (χ4v) is 1.96. The number of amides is 2. The van der Waals surface area contributed by atoms with Crippen LogP contribution in [0.5, 0.6) is 0 Å². The van der Waals surface area contributed by atoms with Crippen LogP contribution in [0.15, 0.2) is 18.3 Å². The van der Waals surface area contributed by atoms with Crippen molar-refractivity contribution in [3.05, 3.63) is 24.0 Å². The summed E-state index contributed by atoms with van der Waals surface area (Å²) < 4.78 is 0. The van der Waals surface area contributed by atoms with Crippen LogP contribution in [0, 0.1) is 0 Å². The highest BCUT2D eigenvalue weighted by Gasteiger charge is 2.41. The number of nitrogen functional groups attached to an aromatic ring is 1. The maximum Gasteiger partial charge on any atom is 0.273 e. The van der Waals surface area contributed by atoms with E-state index < -0.39 is 5.54 Å². The number of nitrogens with one attached hydrogen (secondary N) is 1. The monoisotopic (exact) mass is 248 g/mol. The Morgan fingerprint density at radius 3 is 2.94 bits per heavy atom. The smallest absolute Gasteiger partial charge is 0.273 e. The molecular formula is C12H16N4O2. The number of carbonyl (C=O) groups is 2. The molecular weight excluding hydrogens is 232 g/mol. The second-order valence-electron chi connectivity index (χ2n) is 4.75. The lowest BCUT2D eigenvalue weighted by Crippen LogP contribution is -2.63. The van der Waals surface area contributed by atoms with E-state index in [0.29, 0.717) is 18.8 Å². The standard InChI is InChI=1S/C12H16N4O2/c1-12(2)11(18)15-5-6-16(12)10(17)9-7-8(13)3-4-14-9/h3-4,7H,5-6H2,1-2H3,(H2,13,14)(H,15,18). The molecule has 1 saturated heterocycles. The molecule has 1 aliphatic rings. The van der Waals surface area contributed by atoms with Crippen LogP contribution in [0.25, 0.3) is 0 Å². The van der Waals surface area contributed by atoms with Gasteiger partial charge in [0, 0.05) is 25.0 Å². The van der Waals surface area contributed by atoms with Crippen LogP contribution in [0.3, 0.4) is 0 Å². The second kappa shape index (κ2) is 4.29. The summed E-state index contributed by atoms with van der Waals surface area (Å²) in [6.07, 6.45) is 1.49. The lowest BCUT2D eigenvalue weighted by molar-refractivity contribution is -0.133. The molecule has 0 atom stereocenters. The molecule has 2 heterocycles. The molecule has 18 heavy (non-hydrogen) atoms. The number of anilines is 1. The van der Waals surface area contributed by atoms with E-state index in [4.69, 9.17) is 5.73 Å². The predicted molar refractivity (Wildman–Crippen MR) is 66.8 cm³/mol. The molecule has 0 unspecified atom stereocenters. The number of nitrogens with two attached hydrogens (primary N) is 1. The van der Waals surface area contributed by atoms with Crippen molar-refractivity contribution in [3.63, 3.8) is 0 Å². The molecule has 1 aromatic rings. The largest absolute Gasteiger partial charge is 0.399 e. The summed E-state index contributed by atoms with van der Waals surface area (Å²) in [5.41, 5.74) is 5.50. The first-order valence-corrected chi connectivity index (χ1v) is 5.75. The van der Waals surface area contributed by atoms with Crippen LogP contribution in [0.4, 0.5) is 5.69 Å². The van der Waals surface area contributed by atoms with E-state index in [-0.39, 0.29) is 17.5 Å². The zero-order chi connectivity index (χ0) is 13.3. The lowest BCUT2D eigenvalue weighted by Gasteiger charge is -2.40. The van der Waals surface area contributed by atoms with Gasteiger partial charge in [-0.1, -0.05) is 0 Å². The number of carbonyl (C=O) groups excluding carboxylic acids is 2. The third kappa shape index (κ3) is 2.01. The molecule has 2 rings (SSSR count). The van der Waals surface area contributed by atoms with Crippen LogP contribution in [-0.2, 0) is 4.79 Å². The molecule has 6 nitrogen and oxygen atoms in total. The predicted octanol–water partition coefficient (Wildman–Crippen LogP) is 0.0144. The molecule has 96 valence electrons. The molecule has 0 spiro atoms. The number of nitrogens with zero attached hydrogens (tertiary/aromatic N) is 2. The van der Waals surface area contributed by atoms with Crippen molar-refractivity contribution in [2.75, 3.05) is 18.8 Å². The molecule has 0 saturated carbocycles. The van der Waals surface area contributed by atoms with Crippen LogP contribution in [0.1, 0.15) is 24.3 Å². The van der Waals surface area contributed by atoms with Gasteiger partial charge in [-0.2, -0.15) is 0 Å². The number of hydrogen-bond acceptors (Lipinski definition) is 4. The van der Waals surface area contributed by atoms with Gasteiger partial charge in [0.05, 0.1) is 0 Å².